The lowest BCUT2D eigenvalue weighted by Gasteiger charge is -2.57. The van der Waals surface area contributed by atoms with Crippen LogP contribution < -0.4 is 0 Å². The highest BCUT2D eigenvalue weighted by atomic mass is 14.7. The Hall–Kier alpha value is -1.63. The molecular weight excluding hydrogens is 278 g/mol. The zero-order valence-corrected chi connectivity index (χ0v) is 14.0. The van der Waals surface area contributed by atoms with Crippen molar-refractivity contribution < 1.29 is 0 Å². The van der Waals surface area contributed by atoms with Crippen LogP contribution in [0.2, 0.25) is 0 Å². The van der Waals surface area contributed by atoms with Crippen molar-refractivity contribution in [2.45, 2.75) is 50.9 Å². The third-order valence-electron chi connectivity index (χ3n) is 6.76. The van der Waals surface area contributed by atoms with Crippen LogP contribution in [0.1, 0.15) is 49.7 Å². The zero-order chi connectivity index (χ0) is 15.4. The smallest absolute Gasteiger partial charge is 0.0704 e. The highest BCUT2D eigenvalue weighted by Crippen LogP contribution is 2.60. The normalized spacial score (nSPS) is 34.7. The fourth-order valence-corrected chi connectivity index (χ4v) is 6.11. The molecular formula is C22H25N. The molecule has 0 atom stereocenters. The molecule has 4 aliphatic carbocycles. The number of aromatic nitrogens is 1. The molecule has 0 spiro atoms. The highest BCUT2D eigenvalue weighted by Gasteiger charge is 2.51. The molecule has 1 aromatic carbocycles. The maximum absolute atomic E-state index is 4.67. The van der Waals surface area contributed by atoms with Crippen molar-refractivity contribution in [3.8, 4) is 11.3 Å². The summed E-state index contributed by atoms with van der Waals surface area (Å²) >= 11 is 0. The third kappa shape index (κ3) is 2.24. The molecule has 4 bridgehead atoms. The molecule has 6 rings (SSSR count). The van der Waals surface area contributed by atoms with Gasteiger partial charge in [0.2, 0.25) is 0 Å². The van der Waals surface area contributed by atoms with Crippen LogP contribution in [-0.2, 0) is 5.41 Å². The third-order valence-corrected chi connectivity index (χ3v) is 6.76. The molecule has 0 N–H and O–H groups in total. The van der Waals surface area contributed by atoms with Gasteiger partial charge in [-0.25, -0.2) is 0 Å². The zero-order valence-electron chi connectivity index (χ0n) is 14.0. The molecule has 118 valence electrons. The Morgan fingerprint density at radius 1 is 0.870 bits per heavy atom. The van der Waals surface area contributed by atoms with Crippen molar-refractivity contribution >= 4 is 0 Å². The predicted octanol–water partition coefficient (Wildman–Crippen LogP) is 5.52. The lowest BCUT2D eigenvalue weighted by atomic mass is 9.48. The SMILES string of the molecule is Cc1ccc(-c2cc(C34CC5CC(CC(C5)C3)C4)ccn2)cc1. The van der Waals surface area contributed by atoms with Gasteiger partial charge in [0, 0.05) is 11.8 Å². The Balaban J connectivity index is 1.54. The second-order valence-electron chi connectivity index (χ2n) is 8.49. The van der Waals surface area contributed by atoms with Gasteiger partial charge in [-0.15, -0.1) is 0 Å². The minimum Gasteiger partial charge on any atom is -0.256 e. The summed E-state index contributed by atoms with van der Waals surface area (Å²) in [6, 6.07) is 13.5. The second-order valence-corrected chi connectivity index (χ2v) is 8.49. The molecule has 0 amide bonds. The van der Waals surface area contributed by atoms with Crippen LogP contribution in [0.3, 0.4) is 0 Å². The van der Waals surface area contributed by atoms with Gasteiger partial charge < -0.3 is 0 Å². The highest BCUT2D eigenvalue weighted by molar-refractivity contribution is 5.60. The maximum Gasteiger partial charge on any atom is 0.0704 e. The van der Waals surface area contributed by atoms with Crippen molar-refractivity contribution in [1.29, 1.82) is 0 Å². The Morgan fingerprint density at radius 3 is 2.09 bits per heavy atom. The summed E-state index contributed by atoms with van der Waals surface area (Å²) in [5, 5.41) is 0. The van der Waals surface area contributed by atoms with Gasteiger partial charge in [0.15, 0.2) is 0 Å². The van der Waals surface area contributed by atoms with E-state index in [1.165, 1.54) is 49.7 Å². The second kappa shape index (κ2) is 4.93. The van der Waals surface area contributed by atoms with Crippen LogP contribution in [0.4, 0.5) is 0 Å². The molecule has 0 unspecified atom stereocenters. The molecule has 0 aliphatic heterocycles. The van der Waals surface area contributed by atoms with E-state index in [9.17, 15) is 0 Å². The molecule has 1 nitrogen and oxygen atoms in total. The molecule has 23 heavy (non-hydrogen) atoms. The van der Waals surface area contributed by atoms with E-state index >= 15 is 0 Å². The molecule has 1 aromatic heterocycles. The van der Waals surface area contributed by atoms with E-state index in [-0.39, 0.29) is 0 Å². The molecule has 1 heteroatoms. The van der Waals surface area contributed by atoms with Crippen LogP contribution in [0.5, 0.6) is 0 Å². The summed E-state index contributed by atoms with van der Waals surface area (Å²) in [4.78, 5) is 4.67. The first kappa shape index (κ1) is 13.8. The van der Waals surface area contributed by atoms with Crippen molar-refractivity contribution in [2.24, 2.45) is 17.8 Å². The van der Waals surface area contributed by atoms with Crippen molar-refractivity contribution in [3.63, 3.8) is 0 Å². The fraction of sp³-hybridized carbons (Fsp3) is 0.500. The molecule has 4 saturated carbocycles. The lowest BCUT2D eigenvalue weighted by Crippen LogP contribution is -2.48. The summed E-state index contributed by atoms with van der Waals surface area (Å²) in [6.07, 6.45) is 10.9. The van der Waals surface area contributed by atoms with Crippen LogP contribution in [0.15, 0.2) is 42.6 Å². The Kier molecular flexibility index (Phi) is 2.95. The number of aryl methyl sites for hydroxylation is 1. The largest absolute Gasteiger partial charge is 0.256 e. The number of hydrogen-bond donors (Lipinski definition) is 0. The van der Waals surface area contributed by atoms with Crippen LogP contribution in [-0.4, -0.2) is 4.98 Å². The quantitative estimate of drug-likeness (QED) is 0.711. The van der Waals surface area contributed by atoms with Gasteiger partial charge >= 0.3 is 0 Å². The summed E-state index contributed by atoms with van der Waals surface area (Å²) < 4.78 is 0. The first-order valence-electron chi connectivity index (χ1n) is 9.24. The summed E-state index contributed by atoms with van der Waals surface area (Å²) in [7, 11) is 0. The van der Waals surface area contributed by atoms with Gasteiger partial charge in [0.1, 0.15) is 0 Å². The first-order valence-corrected chi connectivity index (χ1v) is 9.24. The number of pyridine rings is 1. The molecule has 4 fully saturated rings. The monoisotopic (exact) mass is 303 g/mol. The van der Waals surface area contributed by atoms with E-state index in [2.05, 4.69) is 48.3 Å². The van der Waals surface area contributed by atoms with Crippen LogP contribution >= 0.6 is 0 Å². The Morgan fingerprint density at radius 2 is 1.48 bits per heavy atom. The van der Waals surface area contributed by atoms with Gasteiger partial charge in [-0.1, -0.05) is 29.8 Å². The minimum atomic E-state index is 0.469. The maximum atomic E-state index is 4.67. The lowest BCUT2D eigenvalue weighted by molar-refractivity contribution is -0.00520. The molecule has 1 heterocycles. The molecule has 0 saturated heterocycles. The van der Waals surface area contributed by atoms with Gasteiger partial charge in [-0.2, -0.15) is 0 Å². The minimum absolute atomic E-state index is 0.469. The van der Waals surface area contributed by atoms with Gasteiger partial charge in [0.05, 0.1) is 5.69 Å². The van der Waals surface area contributed by atoms with Crippen molar-refractivity contribution in [2.75, 3.05) is 0 Å². The summed E-state index contributed by atoms with van der Waals surface area (Å²) in [6.45, 7) is 2.14. The van der Waals surface area contributed by atoms with Crippen molar-refractivity contribution in [3.05, 3.63) is 53.7 Å². The van der Waals surface area contributed by atoms with Gasteiger partial charge in [-0.3, -0.25) is 4.98 Å². The van der Waals surface area contributed by atoms with Gasteiger partial charge in [0.25, 0.3) is 0 Å². The van der Waals surface area contributed by atoms with E-state index in [4.69, 9.17) is 0 Å². The molecule has 0 radical (unpaired) electrons. The van der Waals surface area contributed by atoms with E-state index < -0.39 is 0 Å². The standard InChI is InChI=1S/C22H25N/c1-15-2-4-19(5-3-15)21-11-20(6-7-23-21)22-12-16-8-17(13-22)10-18(9-16)14-22/h2-7,11,16-18H,8-10,12-14H2,1H3. The first-order chi connectivity index (χ1) is 11.2. The van der Waals surface area contributed by atoms with Crippen LogP contribution in [0, 0.1) is 24.7 Å². The van der Waals surface area contributed by atoms with E-state index in [0.29, 0.717) is 5.41 Å². The molecule has 2 aromatic rings. The Labute approximate surface area is 139 Å². The topological polar surface area (TPSA) is 12.9 Å². The van der Waals surface area contributed by atoms with E-state index in [1.807, 2.05) is 6.20 Å². The number of hydrogen-bond acceptors (Lipinski definition) is 1. The number of benzene rings is 1. The van der Waals surface area contributed by atoms with E-state index in [0.717, 1.165) is 23.4 Å². The predicted molar refractivity (Wildman–Crippen MR) is 94.3 cm³/mol. The Bertz CT molecular complexity index is 693. The fourth-order valence-electron chi connectivity index (χ4n) is 6.11. The summed E-state index contributed by atoms with van der Waals surface area (Å²) in [5.41, 5.74) is 5.76. The average molecular weight is 303 g/mol. The number of rotatable bonds is 2. The molecule has 4 aliphatic rings. The van der Waals surface area contributed by atoms with E-state index in [1.54, 1.807) is 5.56 Å². The van der Waals surface area contributed by atoms with Gasteiger partial charge in [-0.05, 0) is 86.3 Å². The average Bonchev–Trinajstić information content (AvgIpc) is 2.54. The van der Waals surface area contributed by atoms with Crippen molar-refractivity contribution in [1.82, 2.24) is 4.98 Å². The van der Waals surface area contributed by atoms with Crippen LogP contribution in [0.25, 0.3) is 11.3 Å². The number of nitrogens with zero attached hydrogens (tertiary/aromatic N) is 1. The summed E-state index contributed by atoms with van der Waals surface area (Å²) in [5.74, 6) is 2.99.